The summed E-state index contributed by atoms with van der Waals surface area (Å²) in [5.41, 5.74) is 0.992. The van der Waals surface area contributed by atoms with Gasteiger partial charge in [0.2, 0.25) is 0 Å². The minimum atomic E-state index is -1.16. The van der Waals surface area contributed by atoms with Gasteiger partial charge in [0, 0.05) is 0 Å². The summed E-state index contributed by atoms with van der Waals surface area (Å²) >= 11 is 0. The SMILES string of the molecule is COc1cccc(CCNC(CC(=O)O)C(=O)O)c1. The molecule has 0 heterocycles. The van der Waals surface area contributed by atoms with Crippen LogP contribution in [0.3, 0.4) is 0 Å². The van der Waals surface area contributed by atoms with Crippen LogP contribution in [0.4, 0.5) is 0 Å². The number of rotatable bonds is 8. The van der Waals surface area contributed by atoms with Crippen LogP contribution in [0.15, 0.2) is 24.3 Å². The van der Waals surface area contributed by atoms with Gasteiger partial charge in [-0.15, -0.1) is 0 Å². The van der Waals surface area contributed by atoms with E-state index in [1.54, 1.807) is 7.11 Å². The van der Waals surface area contributed by atoms with Gasteiger partial charge < -0.3 is 20.3 Å². The van der Waals surface area contributed by atoms with E-state index >= 15 is 0 Å². The van der Waals surface area contributed by atoms with Crippen LogP contribution in [0, 0.1) is 0 Å². The summed E-state index contributed by atoms with van der Waals surface area (Å²) in [6.45, 7) is 0.386. The molecule has 0 bridgehead atoms. The van der Waals surface area contributed by atoms with E-state index in [2.05, 4.69) is 5.32 Å². The Hall–Kier alpha value is -2.08. The zero-order valence-electron chi connectivity index (χ0n) is 10.6. The minimum Gasteiger partial charge on any atom is -0.497 e. The summed E-state index contributed by atoms with van der Waals surface area (Å²) in [4.78, 5) is 21.3. The van der Waals surface area contributed by atoms with Gasteiger partial charge in [0.25, 0.3) is 0 Å². The maximum Gasteiger partial charge on any atom is 0.321 e. The summed E-state index contributed by atoms with van der Waals surface area (Å²) in [7, 11) is 1.57. The quantitative estimate of drug-likeness (QED) is 0.643. The second-order valence-electron chi connectivity index (χ2n) is 4.04. The van der Waals surface area contributed by atoms with Gasteiger partial charge in [-0.3, -0.25) is 9.59 Å². The molecule has 0 saturated heterocycles. The molecule has 1 aromatic rings. The van der Waals surface area contributed by atoms with Crippen molar-refractivity contribution >= 4 is 11.9 Å². The third-order valence-electron chi connectivity index (χ3n) is 2.62. The van der Waals surface area contributed by atoms with Crippen LogP contribution in [0.1, 0.15) is 12.0 Å². The van der Waals surface area contributed by atoms with Crippen LogP contribution in [-0.2, 0) is 16.0 Å². The second kappa shape index (κ2) is 7.38. The summed E-state index contributed by atoms with van der Waals surface area (Å²) in [6.07, 6.45) is 0.161. The van der Waals surface area contributed by atoms with Crippen LogP contribution in [0.2, 0.25) is 0 Å². The molecule has 0 radical (unpaired) electrons. The van der Waals surface area contributed by atoms with Crippen molar-refractivity contribution in [2.75, 3.05) is 13.7 Å². The molecular weight excluding hydrogens is 250 g/mol. The number of methoxy groups -OCH3 is 1. The highest BCUT2D eigenvalue weighted by molar-refractivity contribution is 5.80. The third kappa shape index (κ3) is 5.39. The number of carboxylic acid groups (broad SMARTS) is 2. The Labute approximate surface area is 111 Å². The molecule has 19 heavy (non-hydrogen) atoms. The fourth-order valence-electron chi connectivity index (χ4n) is 1.64. The number of aliphatic carboxylic acids is 2. The number of carbonyl (C=O) groups is 2. The first-order chi connectivity index (χ1) is 9.02. The average molecular weight is 267 g/mol. The number of benzene rings is 1. The number of hydrogen-bond acceptors (Lipinski definition) is 4. The zero-order valence-corrected chi connectivity index (χ0v) is 10.6. The van der Waals surface area contributed by atoms with Crippen LogP contribution in [0.25, 0.3) is 0 Å². The topological polar surface area (TPSA) is 95.9 Å². The molecule has 1 rings (SSSR count). The Morgan fingerprint density at radius 1 is 1.37 bits per heavy atom. The van der Waals surface area contributed by atoms with Crippen LogP contribution in [-0.4, -0.2) is 41.8 Å². The van der Waals surface area contributed by atoms with Crippen molar-refractivity contribution in [2.24, 2.45) is 0 Å². The van der Waals surface area contributed by atoms with E-state index in [4.69, 9.17) is 14.9 Å². The molecule has 0 aromatic heterocycles. The first-order valence-corrected chi connectivity index (χ1v) is 5.84. The minimum absolute atomic E-state index is 0.386. The summed E-state index contributed by atoms with van der Waals surface area (Å²) in [6, 6.07) is 6.36. The maximum atomic E-state index is 10.8. The molecule has 0 fully saturated rings. The highest BCUT2D eigenvalue weighted by atomic mass is 16.5. The van der Waals surface area contributed by atoms with E-state index in [0.29, 0.717) is 13.0 Å². The zero-order chi connectivity index (χ0) is 14.3. The van der Waals surface area contributed by atoms with Gasteiger partial charge in [-0.2, -0.15) is 0 Å². The van der Waals surface area contributed by atoms with E-state index in [9.17, 15) is 9.59 Å². The Morgan fingerprint density at radius 3 is 2.68 bits per heavy atom. The van der Waals surface area contributed by atoms with Crippen molar-refractivity contribution in [3.63, 3.8) is 0 Å². The Morgan fingerprint density at radius 2 is 2.11 bits per heavy atom. The Bertz CT molecular complexity index is 446. The second-order valence-corrected chi connectivity index (χ2v) is 4.04. The molecule has 1 aromatic carbocycles. The van der Waals surface area contributed by atoms with Crippen molar-refractivity contribution in [1.29, 1.82) is 0 Å². The molecule has 0 saturated carbocycles. The lowest BCUT2D eigenvalue weighted by Crippen LogP contribution is -2.39. The lowest BCUT2D eigenvalue weighted by molar-refractivity contribution is -0.145. The van der Waals surface area contributed by atoms with Crippen LogP contribution >= 0.6 is 0 Å². The number of nitrogens with one attached hydrogen (secondary N) is 1. The molecular formula is C13H17NO5. The van der Waals surface area contributed by atoms with Gasteiger partial charge in [0.05, 0.1) is 13.5 Å². The Balaban J connectivity index is 2.47. The monoisotopic (exact) mass is 267 g/mol. The van der Waals surface area contributed by atoms with Gasteiger partial charge in [-0.1, -0.05) is 12.1 Å². The van der Waals surface area contributed by atoms with Crippen LogP contribution in [0.5, 0.6) is 5.75 Å². The van der Waals surface area contributed by atoms with Gasteiger partial charge in [-0.25, -0.2) is 0 Å². The third-order valence-corrected chi connectivity index (χ3v) is 2.62. The molecule has 0 aliphatic heterocycles. The molecule has 1 unspecified atom stereocenters. The average Bonchev–Trinajstić information content (AvgIpc) is 2.37. The molecule has 3 N–H and O–H groups in total. The van der Waals surface area contributed by atoms with Crippen molar-refractivity contribution in [2.45, 2.75) is 18.9 Å². The largest absolute Gasteiger partial charge is 0.497 e. The molecule has 0 aliphatic rings. The smallest absolute Gasteiger partial charge is 0.321 e. The molecule has 1 atom stereocenters. The normalized spacial score (nSPS) is 11.8. The molecule has 0 spiro atoms. The van der Waals surface area contributed by atoms with Crippen molar-refractivity contribution < 1.29 is 24.5 Å². The first kappa shape index (κ1) is 15.0. The van der Waals surface area contributed by atoms with E-state index in [-0.39, 0.29) is 0 Å². The van der Waals surface area contributed by atoms with Gasteiger partial charge in [0.1, 0.15) is 11.8 Å². The van der Waals surface area contributed by atoms with E-state index in [0.717, 1.165) is 11.3 Å². The predicted molar refractivity (Wildman–Crippen MR) is 68.4 cm³/mol. The maximum absolute atomic E-state index is 10.8. The van der Waals surface area contributed by atoms with E-state index in [1.165, 1.54) is 0 Å². The van der Waals surface area contributed by atoms with Crippen molar-refractivity contribution in [3.8, 4) is 5.75 Å². The van der Waals surface area contributed by atoms with Crippen molar-refractivity contribution in [3.05, 3.63) is 29.8 Å². The molecule has 0 aliphatic carbocycles. The van der Waals surface area contributed by atoms with Crippen molar-refractivity contribution in [1.82, 2.24) is 5.32 Å². The standard InChI is InChI=1S/C13H17NO5/c1-19-10-4-2-3-9(7-10)5-6-14-11(13(17)18)8-12(15)16/h2-4,7,11,14H,5-6,8H2,1H3,(H,15,16)(H,17,18). The van der Waals surface area contributed by atoms with Gasteiger partial charge in [0.15, 0.2) is 0 Å². The summed E-state index contributed by atoms with van der Waals surface area (Å²) in [5, 5.41) is 20.2. The molecule has 6 heteroatoms. The number of ether oxygens (including phenoxy) is 1. The van der Waals surface area contributed by atoms with E-state index in [1.807, 2.05) is 24.3 Å². The number of carboxylic acids is 2. The lowest BCUT2D eigenvalue weighted by Gasteiger charge is -2.12. The van der Waals surface area contributed by atoms with E-state index < -0.39 is 24.4 Å². The Kier molecular flexibility index (Phi) is 5.81. The fraction of sp³-hybridized carbons (Fsp3) is 0.385. The summed E-state index contributed by atoms with van der Waals surface area (Å²) in [5.74, 6) is -1.56. The van der Waals surface area contributed by atoms with Gasteiger partial charge >= 0.3 is 11.9 Å². The lowest BCUT2D eigenvalue weighted by atomic mass is 10.1. The molecule has 0 amide bonds. The molecule has 6 nitrogen and oxygen atoms in total. The van der Waals surface area contributed by atoms with Gasteiger partial charge in [-0.05, 0) is 30.7 Å². The fourth-order valence-corrected chi connectivity index (χ4v) is 1.64. The summed E-state index contributed by atoms with van der Waals surface area (Å²) < 4.78 is 5.08. The first-order valence-electron chi connectivity index (χ1n) is 5.84. The molecule has 104 valence electrons. The highest BCUT2D eigenvalue weighted by Crippen LogP contribution is 2.12. The highest BCUT2D eigenvalue weighted by Gasteiger charge is 2.19. The number of hydrogen-bond donors (Lipinski definition) is 3. The predicted octanol–water partition coefficient (Wildman–Crippen LogP) is 0.755. The van der Waals surface area contributed by atoms with Crippen LogP contribution < -0.4 is 10.1 Å².